The van der Waals surface area contributed by atoms with Crippen molar-refractivity contribution in [2.45, 2.75) is 34.1 Å². The number of pyridine rings is 1. The van der Waals surface area contributed by atoms with Crippen LogP contribution in [0, 0.1) is 18.9 Å². The van der Waals surface area contributed by atoms with Crippen LogP contribution in [0.5, 0.6) is 0 Å². The van der Waals surface area contributed by atoms with Gasteiger partial charge in [-0.15, -0.1) is 11.3 Å². The minimum atomic E-state index is 0.269. The molecule has 0 atom stereocenters. The number of hydrogen-bond acceptors (Lipinski definition) is 3. The standard InChI is InChI=1S/C32H26N2OS/c1-19-23-15-16-34-28(31(23)36-30(19)21-11-9-20(10-12-21)18-32(2,3)4)26-8-6-7-25-24-14-13-22(33-5)17-27(24)35-29(25)26/h6-17H,18H2,1-4H3. The number of hydrogen-bond donors (Lipinski definition) is 0. The molecule has 0 bridgehead atoms. The van der Waals surface area contributed by atoms with Gasteiger partial charge in [0.25, 0.3) is 0 Å². The Kier molecular flexibility index (Phi) is 5.21. The Morgan fingerprint density at radius 2 is 1.75 bits per heavy atom. The van der Waals surface area contributed by atoms with Crippen molar-refractivity contribution in [3.8, 4) is 21.7 Å². The molecule has 0 radical (unpaired) electrons. The lowest BCUT2D eigenvalue weighted by Gasteiger charge is -2.18. The second kappa shape index (κ2) is 8.33. The SMILES string of the molecule is [C-]#[N+]c1ccc2c(c1)oc1c(-c3nccc4c(C)c(-c5ccc(CC(C)(C)C)cc5)sc34)cccc12. The number of fused-ring (bicyclic) bond motifs is 4. The summed E-state index contributed by atoms with van der Waals surface area (Å²) in [6.45, 7) is 16.4. The molecular formula is C32H26N2OS. The molecular weight excluding hydrogens is 460 g/mol. The van der Waals surface area contributed by atoms with Gasteiger partial charge in [-0.05, 0) is 59.0 Å². The minimum Gasteiger partial charge on any atom is -0.457 e. The summed E-state index contributed by atoms with van der Waals surface area (Å²) in [7, 11) is 0. The molecule has 3 aromatic heterocycles. The molecule has 0 aliphatic heterocycles. The van der Waals surface area contributed by atoms with Crippen molar-refractivity contribution in [2.24, 2.45) is 5.41 Å². The first-order valence-electron chi connectivity index (χ1n) is 12.1. The summed E-state index contributed by atoms with van der Waals surface area (Å²) in [5, 5.41) is 3.28. The first-order chi connectivity index (χ1) is 17.3. The maximum atomic E-state index is 7.34. The normalized spacial score (nSPS) is 12.0. The van der Waals surface area contributed by atoms with Gasteiger partial charge in [-0.1, -0.05) is 69.3 Å². The van der Waals surface area contributed by atoms with Gasteiger partial charge in [0, 0.05) is 27.4 Å². The Bertz CT molecular complexity index is 1810. The van der Waals surface area contributed by atoms with Crippen LogP contribution in [-0.2, 0) is 6.42 Å². The number of furan rings is 1. The highest BCUT2D eigenvalue weighted by atomic mass is 32.1. The van der Waals surface area contributed by atoms with Gasteiger partial charge in [-0.3, -0.25) is 4.98 Å². The van der Waals surface area contributed by atoms with Crippen LogP contribution in [0.2, 0.25) is 0 Å². The number of aryl methyl sites for hydroxylation is 1. The van der Waals surface area contributed by atoms with Crippen molar-refractivity contribution < 1.29 is 4.42 Å². The summed E-state index contributed by atoms with van der Waals surface area (Å²) >= 11 is 1.80. The maximum Gasteiger partial charge on any atom is 0.190 e. The summed E-state index contributed by atoms with van der Waals surface area (Å²) in [4.78, 5) is 9.67. The van der Waals surface area contributed by atoms with E-state index in [-0.39, 0.29) is 5.41 Å². The summed E-state index contributed by atoms with van der Waals surface area (Å²) in [5.74, 6) is 0. The van der Waals surface area contributed by atoms with Gasteiger partial charge in [0.2, 0.25) is 0 Å². The van der Waals surface area contributed by atoms with Crippen molar-refractivity contribution in [3.05, 3.63) is 95.5 Å². The highest BCUT2D eigenvalue weighted by Gasteiger charge is 2.19. The summed E-state index contributed by atoms with van der Waals surface area (Å²) in [6, 6.07) is 23.0. The van der Waals surface area contributed by atoms with Crippen LogP contribution in [0.15, 0.2) is 77.3 Å². The van der Waals surface area contributed by atoms with Crippen LogP contribution in [0.1, 0.15) is 31.9 Å². The van der Waals surface area contributed by atoms with Gasteiger partial charge in [-0.2, -0.15) is 0 Å². The van der Waals surface area contributed by atoms with Crippen LogP contribution >= 0.6 is 11.3 Å². The Labute approximate surface area is 214 Å². The predicted molar refractivity (Wildman–Crippen MR) is 152 cm³/mol. The molecule has 0 aliphatic rings. The molecule has 6 aromatic rings. The third kappa shape index (κ3) is 3.77. The van der Waals surface area contributed by atoms with E-state index in [9.17, 15) is 0 Å². The number of nitrogens with zero attached hydrogens (tertiary/aromatic N) is 2. The van der Waals surface area contributed by atoms with Gasteiger partial charge < -0.3 is 4.42 Å². The quantitative estimate of drug-likeness (QED) is 0.233. The predicted octanol–water partition coefficient (Wildman–Crippen LogP) is 9.98. The van der Waals surface area contributed by atoms with Crippen LogP contribution in [0.25, 0.3) is 58.6 Å². The fourth-order valence-electron chi connectivity index (χ4n) is 5.04. The van der Waals surface area contributed by atoms with Crippen LogP contribution < -0.4 is 0 Å². The smallest absolute Gasteiger partial charge is 0.190 e. The molecule has 0 N–H and O–H groups in total. The molecule has 0 aliphatic carbocycles. The lowest BCUT2D eigenvalue weighted by molar-refractivity contribution is 0.411. The van der Waals surface area contributed by atoms with E-state index in [0.29, 0.717) is 5.69 Å². The first-order valence-corrected chi connectivity index (χ1v) is 12.9. The molecule has 0 fully saturated rings. The van der Waals surface area contributed by atoms with Crippen molar-refractivity contribution in [3.63, 3.8) is 0 Å². The van der Waals surface area contributed by atoms with Gasteiger partial charge in [-0.25, -0.2) is 4.85 Å². The Morgan fingerprint density at radius 1 is 0.944 bits per heavy atom. The Hall–Kier alpha value is -3.94. The zero-order chi connectivity index (χ0) is 25.0. The van der Waals surface area contributed by atoms with E-state index in [1.54, 1.807) is 11.3 Å². The molecule has 176 valence electrons. The van der Waals surface area contributed by atoms with Crippen LogP contribution in [-0.4, -0.2) is 4.98 Å². The average molecular weight is 487 g/mol. The molecule has 0 unspecified atom stereocenters. The lowest BCUT2D eigenvalue weighted by atomic mass is 9.88. The molecule has 36 heavy (non-hydrogen) atoms. The highest BCUT2D eigenvalue weighted by Crippen LogP contribution is 2.44. The minimum absolute atomic E-state index is 0.269. The zero-order valence-electron chi connectivity index (χ0n) is 20.8. The number of thiophene rings is 1. The Balaban J connectivity index is 1.51. The lowest BCUT2D eigenvalue weighted by Crippen LogP contribution is -2.08. The molecule has 6 rings (SSSR count). The van der Waals surface area contributed by atoms with Crippen LogP contribution in [0.3, 0.4) is 0 Å². The second-order valence-corrected chi connectivity index (χ2v) is 11.6. The van der Waals surface area contributed by atoms with E-state index in [0.717, 1.165) is 39.6 Å². The first kappa shape index (κ1) is 22.5. The largest absolute Gasteiger partial charge is 0.457 e. The number of para-hydroxylation sites is 1. The maximum absolute atomic E-state index is 7.34. The van der Waals surface area contributed by atoms with Gasteiger partial charge in [0.05, 0.1) is 17.0 Å². The summed E-state index contributed by atoms with van der Waals surface area (Å²) in [5.41, 5.74) is 8.20. The third-order valence-corrected chi connectivity index (χ3v) is 8.03. The highest BCUT2D eigenvalue weighted by molar-refractivity contribution is 7.23. The van der Waals surface area contributed by atoms with Crippen molar-refractivity contribution >= 4 is 49.0 Å². The summed E-state index contributed by atoms with van der Waals surface area (Å²) in [6.07, 6.45) is 2.96. The van der Waals surface area contributed by atoms with Crippen molar-refractivity contribution in [2.75, 3.05) is 0 Å². The van der Waals surface area contributed by atoms with Gasteiger partial charge >= 0.3 is 0 Å². The van der Waals surface area contributed by atoms with E-state index in [2.05, 4.69) is 81.1 Å². The molecule has 4 heteroatoms. The number of benzene rings is 3. The molecule has 0 saturated heterocycles. The van der Waals surface area contributed by atoms with Gasteiger partial charge in [0.1, 0.15) is 11.2 Å². The van der Waals surface area contributed by atoms with E-state index < -0.39 is 0 Å². The topological polar surface area (TPSA) is 30.4 Å². The number of aromatic nitrogens is 1. The van der Waals surface area contributed by atoms with E-state index >= 15 is 0 Å². The van der Waals surface area contributed by atoms with Gasteiger partial charge in [0.15, 0.2) is 5.69 Å². The summed E-state index contributed by atoms with van der Waals surface area (Å²) < 4.78 is 7.49. The third-order valence-electron chi connectivity index (χ3n) is 6.67. The van der Waals surface area contributed by atoms with E-state index in [1.165, 1.54) is 31.7 Å². The fourth-order valence-corrected chi connectivity index (χ4v) is 6.36. The van der Waals surface area contributed by atoms with E-state index in [1.807, 2.05) is 24.4 Å². The fraction of sp³-hybridized carbons (Fsp3) is 0.188. The second-order valence-electron chi connectivity index (χ2n) is 10.6. The van der Waals surface area contributed by atoms with Crippen molar-refractivity contribution in [1.82, 2.24) is 4.98 Å². The average Bonchev–Trinajstić information content (AvgIpc) is 3.41. The molecule has 0 amide bonds. The van der Waals surface area contributed by atoms with Crippen molar-refractivity contribution in [1.29, 1.82) is 0 Å². The van der Waals surface area contributed by atoms with E-state index in [4.69, 9.17) is 16.0 Å². The van der Waals surface area contributed by atoms with Crippen LogP contribution in [0.4, 0.5) is 5.69 Å². The number of rotatable bonds is 3. The molecule has 0 spiro atoms. The molecule has 3 nitrogen and oxygen atoms in total. The Morgan fingerprint density at radius 3 is 2.50 bits per heavy atom. The molecule has 3 heterocycles. The zero-order valence-corrected chi connectivity index (χ0v) is 21.7. The molecule has 3 aromatic carbocycles. The monoisotopic (exact) mass is 486 g/mol. The molecule has 0 saturated carbocycles.